The Morgan fingerprint density at radius 1 is 1.12 bits per heavy atom. The third-order valence-electron chi connectivity index (χ3n) is 4.45. The molecule has 5 heteroatoms. The summed E-state index contributed by atoms with van der Waals surface area (Å²) < 4.78 is 3.11. The number of hydrogen-bond acceptors (Lipinski definition) is 2. The highest BCUT2D eigenvalue weighted by molar-refractivity contribution is 9.10. The van der Waals surface area contributed by atoms with Gasteiger partial charge in [0, 0.05) is 34.8 Å². The van der Waals surface area contributed by atoms with Crippen molar-refractivity contribution in [1.29, 1.82) is 0 Å². The molecule has 0 atom stereocenters. The van der Waals surface area contributed by atoms with Crippen LogP contribution < -0.4 is 5.32 Å². The zero-order valence-corrected chi connectivity index (χ0v) is 15.3. The van der Waals surface area contributed by atoms with Crippen molar-refractivity contribution in [2.45, 2.75) is 25.8 Å². The molecule has 3 aromatic rings. The highest BCUT2D eigenvalue weighted by atomic mass is 79.9. The lowest BCUT2D eigenvalue weighted by molar-refractivity contribution is 0.102. The van der Waals surface area contributed by atoms with Crippen molar-refractivity contribution in [1.82, 2.24) is 9.55 Å². The maximum Gasteiger partial charge on any atom is 0.255 e. The highest BCUT2D eigenvalue weighted by Crippen LogP contribution is 2.29. The van der Waals surface area contributed by atoms with Gasteiger partial charge in [-0.1, -0.05) is 40.2 Å². The summed E-state index contributed by atoms with van der Waals surface area (Å²) in [7, 11) is 0. The van der Waals surface area contributed by atoms with Gasteiger partial charge in [-0.25, -0.2) is 4.98 Å². The second-order valence-corrected chi connectivity index (χ2v) is 7.12. The fourth-order valence-corrected chi connectivity index (χ4v) is 3.58. The molecule has 126 valence electrons. The minimum atomic E-state index is -0.127. The summed E-state index contributed by atoms with van der Waals surface area (Å²) >= 11 is 3.41. The van der Waals surface area contributed by atoms with Crippen LogP contribution in [0.25, 0.3) is 11.3 Å². The van der Waals surface area contributed by atoms with Crippen LogP contribution in [0.1, 0.15) is 29.0 Å². The highest BCUT2D eigenvalue weighted by Gasteiger charge is 2.16. The predicted molar refractivity (Wildman–Crippen MR) is 103 cm³/mol. The molecule has 1 aliphatic heterocycles. The molecule has 4 nitrogen and oxygen atoms in total. The van der Waals surface area contributed by atoms with Crippen LogP contribution in [-0.4, -0.2) is 15.5 Å². The van der Waals surface area contributed by atoms with E-state index >= 15 is 0 Å². The average molecular weight is 396 g/mol. The number of para-hydroxylation sites is 1. The molecule has 0 spiro atoms. The van der Waals surface area contributed by atoms with Crippen molar-refractivity contribution in [3.8, 4) is 11.3 Å². The Morgan fingerprint density at radius 3 is 2.84 bits per heavy atom. The van der Waals surface area contributed by atoms with Crippen molar-refractivity contribution in [3.05, 3.63) is 70.6 Å². The van der Waals surface area contributed by atoms with Crippen molar-refractivity contribution in [2.24, 2.45) is 0 Å². The Balaban J connectivity index is 1.65. The summed E-state index contributed by atoms with van der Waals surface area (Å²) in [6.45, 7) is 1.02. The maximum atomic E-state index is 12.6. The van der Waals surface area contributed by atoms with Crippen LogP contribution in [0.3, 0.4) is 0 Å². The first-order valence-electron chi connectivity index (χ1n) is 8.43. The summed E-state index contributed by atoms with van der Waals surface area (Å²) in [5.74, 6) is 1.01. The smallest absolute Gasteiger partial charge is 0.255 e. The van der Waals surface area contributed by atoms with Gasteiger partial charge in [-0.15, -0.1) is 0 Å². The third-order valence-corrected chi connectivity index (χ3v) is 4.94. The lowest BCUT2D eigenvalue weighted by atomic mass is 10.1. The van der Waals surface area contributed by atoms with Crippen LogP contribution in [-0.2, 0) is 13.0 Å². The molecule has 0 unspecified atom stereocenters. The summed E-state index contributed by atoms with van der Waals surface area (Å²) in [5, 5.41) is 3.02. The summed E-state index contributed by atoms with van der Waals surface area (Å²) in [6.07, 6.45) is 5.51. The van der Waals surface area contributed by atoms with Gasteiger partial charge in [-0.3, -0.25) is 4.79 Å². The van der Waals surface area contributed by atoms with Crippen molar-refractivity contribution >= 4 is 27.5 Å². The van der Waals surface area contributed by atoms with Gasteiger partial charge in [0.2, 0.25) is 0 Å². The molecule has 0 fully saturated rings. The zero-order chi connectivity index (χ0) is 17.2. The van der Waals surface area contributed by atoms with Gasteiger partial charge < -0.3 is 9.88 Å². The Labute approximate surface area is 155 Å². The van der Waals surface area contributed by atoms with Crippen LogP contribution in [0.2, 0.25) is 0 Å². The van der Waals surface area contributed by atoms with E-state index in [1.165, 1.54) is 12.8 Å². The number of nitrogens with zero attached hydrogens (tertiary/aromatic N) is 2. The van der Waals surface area contributed by atoms with E-state index in [1.54, 1.807) is 6.07 Å². The number of carbonyl (C=O) groups excluding carboxylic acids is 1. The normalized spacial score (nSPS) is 13.3. The number of halogens is 1. The van der Waals surface area contributed by atoms with Crippen LogP contribution >= 0.6 is 15.9 Å². The third kappa shape index (κ3) is 3.37. The standard InChI is InChI=1S/C20H18BrN3O/c21-15-7-5-6-14(12-15)20(25)23-17-9-2-1-8-16(17)18-13-24-11-4-3-10-19(24)22-18/h1-2,5-9,12-13H,3-4,10-11H2,(H,23,25). The fraction of sp³-hybridized carbons (Fsp3) is 0.200. The van der Waals surface area contributed by atoms with E-state index < -0.39 is 0 Å². The number of rotatable bonds is 3. The fourth-order valence-electron chi connectivity index (χ4n) is 3.18. The minimum absolute atomic E-state index is 0.127. The first kappa shape index (κ1) is 16.1. The monoisotopic (exact) mass is 395 g/mol. The average Bonchev–Trinajstić information content (AvgIpc) is 3.06. The molecule has 4 rings (SSSR count). The molecule has 1 amide bonds. The Morgan fingerprint density at radius 2 is 2.00 bits per heavy atom. The van der Waals surface area contributed by atoms with Gasteiger partial charge in [-0.05, 0) is 37.1 Å². The van der Waals surface area contributed by atoms with E-state index in [-0.39, 0.29) is 5.91 Å². The lowest BCUT2D eigenvalue weighted by Crippen LogP contribution is -2.12. The van der Waals surface area contributed by atoms with Crippen molar-refractivity contribution in [2.75, 3.05) is 5.32 Å². The van der Waals surface area contributed by atoms with Crippen LogP contribution in [0.15, 0.2) is 59.2 Å². The molecular formula is C20H18BrN3O. The van der Waals surface area contributed by atoms with Crippen molar-refractivity contribution < 1.29 is 4.79 Å². The van der Waals surface area contributed by atoms with Crippen LogP contribution in [0.4, 0.5) is 5.69 Å². The first-order valence-corrected chi connectivity index (χ1v) is 9.22. The van der Waals surface area contributed by atoms with Crippen LogP contribution in [0.5, 0.6) is 0 Å². The van der Waals surface area contributed by atoms with E-state index in [0.717, 1.165) is 40.2 Å². The molecule has 1 aliphatic rings. The number of carbonyl (C=O) groups is 1. The largest absolute Gasteiger partial charge is 0.334 e. The number of hydrogen-bond donors (Lipinski definition) is 1. The van der Waals surface area contributed by atoms with E-state index in [1.807, 2.05) is 42.5 Å². The van der Waals surface area contributed by atoms with E-state index in [0.29, 0.717) is 5.56 Å². The molecule has 0 aliphatic carbocycles. The number of nitrogens with one attached hydrogen (secondary N) is 1. The number of imidazole rings is 1. The van der Waals surface area contributed by atoms with Gasteiger partial charge in [0.25, 0.3) is 5.91 Å². The molecule has 1 N–H and O–H groups in total. The Hall–Kier alpha value is -2.40. The first-order chi connectivity index (χ1) is 12.2. The molecule has 0 saturated carbocycles. The lowest BCUT2D eigenvalue weighted by Gasteiger charge is -2.11. The zero-order valence-electron chi connectivity index (χ0n) is 13.7. The quantitative estimate of drug-likeness (QED) is 0.685. The van der Waals surface area contributed by atoms with Gasteiger partial charge >= 0.3 is 0 Å². The van der Waals surface area contributed by atoms with Gasteiger partial charge in [0.15, 0.2) is 0 Å². The molecule has 1 aromatic heterocycles. The summed E-state index contributed by atoms with van der Waals surface area (Å²) in [5.41, 5.74) is 3.27. The molecular weight excluding hydrogens is 378 g/mol. The molecule has 0 saturated heterocycles. The second-order valence-electron chi connectivity index (χ2n) is 6.20. The number of amides is 1. The number of aryl methyl sites for hydroxylation is 2. The number of fused-ring (bicyclic) bond motifs is 1. The SMILES string of the molecule is O=C(Nc1ccccc1-c1cn2c(n1)CCCC2)c1cccc(Br)c1. The number of anilines is 1. The van der Waals surface area contributed by atoms with E-state index in [4.69, 9.17) is 4.98 Å². The summed E-state index contributed by atoms with van der Waals surface area (Å²) in [4.78, 5) is 17.4. The summed E-state index contributed by atoms with van der Waals surface area (Å²) in [6, 6.07) is 15.2. The number of aromatic nitrogens is 2. The molecule has 25 heavy (non-hydrogen) atoms. The van der Waals surface area contributed by atoms with E-state index in [2.05, 4.69) is 32.0 Å². The number of benzene rings is 2. The van der Waals surface area contributed by atoms with E-state index in [9.17, 15) is 4.79 Å². The van der Waals surface area contributed by atoms with Gasteiger partial charge in [-0.2, -0.15) is 0 Å². The predicted octanol–water partition coefficient (Wildman–Crippen LogP) is 4.90. The molecule has 0 radical (unpaired) electrons. The maximum absolute atomic E-state index is 12.6. The van der Waals surface area contributed by atoms with Crippen molar-refractivity contribution in [3.63, 3.8) is 0 Å². The minimum Gasteiger partial charge on any atom is -0.334 e. The second kappa shape index (κ2) is 6.84. The van der Waals surface area contributed by atoms with Gasteiger partial charge in [0.05, 0.1) is 11.4 Å². The Bertz CT molecular complexity index is 909. The van der Waals surface area contributed by atoms with Gasteiger partial charge in [0.1, 0.15) is 5.82 Å². The molecule has 2 heterocycles. The van der Waals surface area contributed by atoms with Crippen LogP contribution in [0, 0.1) is 0 Å². The molecule has 0 bridgehead atoms. The molecule has 2 aromatic carbocycles. The topological polar surface area (TPSA) is 46.9 Å². The Kier molecular flexibility index (Phi) is 4.40.